The predicted octanol–water partition coefficient (Wildman–Crippen LogP) is 1.72. The van der Waals surface area contributed by atoms with E-state index in [1.165, 1.54) is 28.8 Å². The molecule has 0 bridgehead atoms. The van der Waals surface area contributed by atoms with E-state index in [0.717, 1.165) is 0 Å². The summed E-state index contributed by atoms with van der Waals surface area (Å²) in [6.45, 7) is 3.95. The molecule has 1 amide bonds. The third-order valence-corrected chi connectivity index (χ3v) is 5.16. The Bertz CT molecular complexity index is 611. The van der Waals surface area contributed by atoms with Crippen LogP contribution in [0.1, 0.15) is 13.8 Å². The van der Waals surface area contributed by atoms with E-state index in [2.05, 4.69) is 4.40 Å². The van der Waals surface area contributed by atoms with Gasteiger partial charge in [0, 0.05) is 6.54 Å². The molecule has 1 atom stereocenters. The molecule has 5 nitrogen and oxygen atoms in total. The van der Waals surface area contributed by atoms with Crippen LogP contribution in [-0.4, -0.2) is 36.2 Å². The van der Waals surface area contributed by atoms with Crippen LogP contribution in [0.2, 0.25) is 0 Å². The summed E-state index contributed by atoms with van der Waals surface area (Å²) in [7, 11) is -3.76. The SMILES string of the molecule is CCN1C(=O)[C@@H](C)SC1=NS(=O)(=O)c1ccccc1. The van der Waals surface area contributed by atoms with Crippen LogP contribution in [0.5, 0.6) is 0 Å². The van der Waals surface area contributed by atoms with Crippen LogP contribution in [0, 0.1) is 0 Å². The van der Waals surface area contributed by atoms with Crippen LogP contribution in [0.25, 0.3) is 0 Å². The van der Waals surface area contributed by atoms with Crippen molar-refractivity contribution >= 4 is 32.9 Å². The Morgan fingerprint density at radius 1 is 1.32 bits per heavy atom. The molecule has 0 aliphatic carbocycles. The summed E-state index contributed by atoms with van der Waals surface area (Å²) in [4.78, 5) is 13.3. The largest absolute Gasteiger partial charge is 0.290 e. The molecule has 1 heterocycles. The number of carbonyl (C=O) groups is 1. The van der Waals surface area contributed by atoms with Crippen molar-refractivity contribution in [3.63, 3.8) is 0 Å². The van der Waals surface area contributed by atoms with Crippen LogP contribution in [-0.2, 0) is 14.8 Å². The Kier molecular flexibility index (Phi) is 3.96. The van der Waals surface area contributed by atoms with Gasteiger partial charge in [-0.25, -0.2) is 0 Å². The van der Waals surface area contributed by atoms with Gasteiger partial charge in [-0.15, -0.1) is 4.40 Å². The maximum absolute atomic E-state index is 12.1. The topological polar surface area (TPSA) is 66.8 Å². The van der Waals surface area contributed by atoms with E-state index in [1.807, 2.05) is 0 Å². The van der Waals surface area contributed by atoms with E-state index in [4.69, 9.17) is 0 Å². The molecular weight excluding hydrogens is 284 g/mol. The van der Waals surface area contributed by atoms with Gasteiger partial charge in [-0.1, -0.05) is 30.0 Å². The molecule has 0 N–H and O–H groups in total. The van der Waals surface area contributed by atoms with Crippen molar-refractivity contribution in [3.8, 4) is 0 Å². The Morgan fingerprint density at radius 3 is 2.53 bits per heavy atom. The lowest BCUT2D eigenvalue weighted by molar-refractivity contribution is -0.125. The minimum Gasteiger partial charge on any atom is -0.290 e. The van der Waals surface area contributed by atoms with Gasteiger partial charge in [0.05, 0.1) is 10.1 Å². The molecule has 102 valence electrons. The van der Waals surface area contributed by atoms with Gasteiger partial charge in [-0.05, 0) is 26.0 Å². The highest BCUT2D eigenvalue weighted by molar-refractivity contribution is 8.16. The lowest BCUT2D eigenvalue weighted by Gasteiger charge is -2.12. The zero-order valence-corrected chi connectivity index (χ0v) is 12.2. The van der Waals surface area contributed by atoms with Gasteiger partial charge < -0.3 is 0 Å². The second kappa shape index (κ2) is 5.34. The molecule has 19 heavy (non-hydrogen) atoms. The van der Waals surface area contributed by atoms with Gasteiger partial charge in [-0.2, -0.15) is 8.42 Å². The van der Waals surface area contributed by atoms with Gasteiger partial charge in [0.25, 0.3) is 10.0 Å². The molecule has 0 saturated carbocycles. The van der Waals surface area contributed by atoms with Crippen molar-refractivity contribution in [2.45, 2.75) is 24.0 Å². The molecule has 0 radical (unpaired) electrons. The summed E-state index contributed by atoms with van der Waals surface area (Å²) >= 11 is 1.18. The zero-order valence-electron chi connectivity index (χ0n) is 10.6. The number of thioether (sulfide) groups is 1. The minimum atomic E-state index is -3.76. The predicted molar refractivity (Wildman–Crippen MR) is 75.5 cm³/mol. The van der Waals surface area contributed by atoms with Gasteiger partial charge in [0.15, 0.2) is 5.17 Å². The van der Waals surface area contributed by atoms with Crippen LogP contribution >= 0.6 is 11.8 Å². The molecule has 1 aromatic rings. The van der Waals surface area contributed by atoms with Crippen LogP contribution < -0.4 is 0 Å². The van der Waals surface area contributed by atoms with Gasteiger partial charge in [0.2, 0.25) is 5.91 Å². The summed E-state index contributed by atoms with van der Waals surface area (Å²) in [5, 5.41) is -0.0338. The molecular formula is C12H14N2O3S2. The summed E-state index contributed by atoms with van der Waals surface area (Å²) in [5.74, 6) is -0.102. The number of amides is 1. The number of amidine groups is 1. The first-order valence-electron chi connectivity index (χ1n) is 5.83. The maximum Gasteiger partial charge on any atom is 0.284 e. The highest BCUT2D eigenvalue weighted by Crippen LogP contribution is 2.28. The number of hydrogen-bond acceptors (Lipinski definition) is 4. The number of carbonyl (C=O) groups excluding carboxylic acids is 1. The highest BCUT2D eigenvalue weighted by atomic mass is 32.2. The van der Waals surface area contributed by atoms with Crippen molar-refractivity contribution in [3.05, 3.63) is 30.3 Å². The number of sulfonamides is 1. The van der Waals surface area contributed by atoms with E-state index in [9.17, 15) is 13.2 Å². The smallest absolute Gasteiger partial charge is 0.284 e. The van der Waals surface area contributed by atoms with Crippen molar-refractivity contribution in [2.75, 3.05) is 6.54 Å². The fourth-order valence-electron chi connectivity index (χ4n) is 1.70. The summed E-state index contributed by atoms with van der Waals surface area (Å²) in [6.07, 6.45) is 0. The molecule has 1 aliphatic heterocycles. The van der Waals surface area contributed by atoms with Crippen molar-refractivity contribution in [1.29, 1.82) is 0 Å². The average molecular weight is 298 g/mol. The first kappa shape index (κ1) is 14.1. The highest BCUT2D eigenvalue weighted by Gasteiger charge is 2.35. The van der Waals surface area contributed by atoms with Crippen molar-refractivity contribution in [1.82, 2.24) is 4.90 Å². The zero-order chi connectivity index (χ0) is 14.0. The minimum absolute atomic E-state index is 0.102. The third kappa shape index (κ3) is 2.82. The lowest BCUT2D eigenvalue weighted by Crippen LogP contribution is -2.31. The summed E-state index contributed by atoms with van der Waals surface area (Å²) < 4.78 is 28.0. The molecule has 1 aromatic carbocycles. The Labute approximate surface area is 116 Å². The van der Waals surface area contributed by atoms with Gasteiger partial charge in [-0.3, -0.25) is 9.69 Å². The summed E-state index contributed by atoms with van der Waals surface area (Å²) in [5.41, 5.74) is 0. The third-order valence-electron chi connectivity index (χ3n) is 2.68. The average Bonchev–Trinajstić information content (AvgIpc) is 2.65. The van der Waals surface area contributed by atoms with Gasteiger partial charge >= 0.3 is 0 Å². The maximum atomic E-state index is 12.1. The van der Waals surface area contributed by atoms with E-state index in [0.29, 0.717) is 6.54 Å². The van der Waals surface area contributed by atoms with Crippen LogP contribution in [0.4, 0.5) is 0 Å². The van der Waals surface area contributed by atoms with E-state index < -0.39 is 10.0 Å². The van der Waals surface area contributed by atoms with Crippen molar-refractivity contribution < 1.29 is 13.2 Å². The molecule has 7 heteroatoms. The lowest BCUT2D eigenvalue weighted by atomic mass is 10.4. The number of hydrogen-bond donors (Lipinski definition) is 0. The molecule has 2 rings (SSSR count). The fraction of sp³-hybridized carbons (Fsp3) is 0.333. The first-order valence-corrected chi connectivity index (χ1v) is 8.15. The van der Waals surface area contributed by atoms with Gasteiger partial charge in [0.1, 0.15) is 0 Å². The fourth-order valence-corrected chi connectivity index (χ4v) is 3.96. The monoisotopic (exact) mass is 298 g/mol. The van der Waals surface area contributed by atoms with E-state index in [-0.39, 0.29) is 21.2 Å². The van der Waals surface area contributed by atoms with E-state index in [1.54, 1.807) is 32.0 Å². The van der Waals surface area contributed by atoms with Crippen LogP contribution in [0.3, 0.4) is 0 Å². The van der Waals surface area contributed by atoms with E-state index >= 15 is 0 Å². The Hall–Kier alpha value is -1.34. The standard InChI is InChI=1S/C12H14N2O3S2/c1-3-14-11(15)9(2)18-12(14)13-19(16,17)10-7-5-4-6-8-10/h4-9H,3H2,1-2H3/t9-/m1/s1. The number of nitrogens with zero attached hydrogens (tertiary/aromatic N) is 2. The second-order valence-corrected chi connectivity index (χ2v) is 6.92. The number of benzene rings is 1. The summed E-state index contributed by atoms with van der Waals surface area (Å²) in [6, 6.07) is 7.99. The molecule has 0 spiro atoms. The quantitative estimate of drug-likeness (QED) is 0.852. The van der Waals surface area contributed by atoms with Crippen molar-refractivity contribution in [2.24, 2.45) is 4.40 Å². The molecule has 1 fully saturated rings. The first-order chi connectivity index (χ1) is 8.95. The second-order valence-electron chi connectivity index (χ2n) is 4.00. The Balaban J connectivity index is 2.39. The molecule has 0 aromatic heterocycles. The van der Waals surface area contributed by atoms with Crippen LogP contribution in [0.15, 0.2) is 39.6 Å². The Morgan fingerprint density at radius 2 is 1.95 bits per heavy atom. The molecule has 1 saturated heterocycles. The number of rotatable bonds is 3. The normalized spacial score (nSPS) is 22.2. The molecule has 1 aliphatic rings. The molecule has 0 unspecified atom stereocenters.